The third-order valence-corrected chi connectivity index (χ3v) is 3.12. The molecule has 0 unspecified atom stereocenters. The maximum absolute atomic E-state index is 11.3. The van der Waals surface area contributed by atoms with Gasteiger partial charge in [0, 0.05) is 5.56 Å². The summed E-state index contributed by atoms with van der Waals surface area (Å²) >= 11 is 0. The zero-order valence-electron chi connectivity index (χ0n) is 12.5. The van der Waals surface area contributed by atoms with Crippen LogP contribution in [-0.2, 0) is 4.74 Å². The van der Waals surface area contributed by atoms with Crippen molar-refractivity contribution in [2.45, 2.75) is 39.5 Å². The number of hydrogen-bond acceptors (Lipinski definition) is 3. The minimum atomic E-state index is 0.0933. The third kappa shape index (κ3) is 5.91. The Morgan fingerprint density at radius 2 is 1.90 bits per heavy atom. The molecular formula is C17H24O3. The number of aryl methyl sites for hydroxylation is 1. The standard InChI is InChI=1S/C17H24O3/c1-4-19-11-7-5-6-8-12-20-16-9-10-17(15(3)18)14(2)13-16/h4,9-10,13H,1,5-8,11-12H2,2-3H3. The average molecular weight is 276 g/mol. The molecule has 0 saturated carbocycles. The number of unbranched alkanes of at least 4 members (excludes halogenated alkanes) is 3. The van der Waals surface area contributed by atoms with Crippen molar-refractivity contribution < 1.29 is 14.3 Å². The second-order valence-electron chi connectivity index (χ2n) is 4.83. The van der Waals surface area contributed by atoms with Gasteiger partial charge in [-0.05, 0) is 63.3 Å². The normalized spacial score (nSPS) is 10.1. The Labute approximate surface area is 121 Å². The number of carbonyl (C=O) groups is 1. The minimum absolute atomic E-state index is 0.0933. The second-order valence-corrected chi connectivity index (χ2v) is 4.83. The number of carbonyl (C=O) groups excluding carboxylic acids is 1. The largest absolute Gasteiger partial charge is 0.502 e. The summed E-state index contributed by atoms with van der Waals surface area (Å²) in [5.74, 6) is 0.929. The third-order valence-electron chi connectivity index (χ3n) is 3.12. The first-order valence-electron chi connectivity index (χ1n) is 7.12. The van der Waals surface area contributed by atoms with Gasteiger partial charge in [0.25, 0.3) is 0 Å². The van der Waals surface area contributed by atoms with E-state index < -0.39 is 0 Å². The highest BCUT2D eigenvalue weighted by Gasteiger charge is 2.04. The van der Waals surface area contributed by atoms with Crippen LogP contribution in [-0.4, -0.2) is 19.0 Å². The maximum Gasteiger partial charge on any atom is 0.160 e. The summed E-state index contributed by atoms with van der Waals surface area (Å²) in [5, 5.41) is 0. The van der Waals surface area contributed by atoms with Crippen molar-refractivity contribution in [3.05, 3.63) is 42.2 Å². The fraction of sp³-hybridized carbons (Fsp3) is 0.471. The highest BCUT2D eigenvalue weighted by Crippen LogP contribution is 2.18. The van der Waals surface area contributed by atoms with Crippen LogP contribution in [0, 0.1) is 6.92 Å². The SMILES string of the molecule is C=COCCCCCCOc1ccc(C(C)=O)c(C)c1. The van der Waals surface area contributed by atoms with Gasteiger partial charge in [0.05, 0.1) is 19.5 Å². The summed E-state index contributed by atoms with van der Waals surface area (Å²) in [6.45, 7) is 8.47. The van der Waals surface area contributed by atoms with E-state index in [0.717, 1.165) is 49.2 Å². The quantitative estimate of drug-likeness (QED) is 0.363. The van der Waals surface area contributed by atoms with Gasteiger partial charge in [-0.15, -0.1) is 0 Å². The highest BCUT2D eigenvalue weighted by molar-refractivity contribution is 5.95. The number of Topliss-reactive ketones (excluding diaryl/α,β-unsaturated/α-hetero) is 1. The van der Waals surface area contributed by atoms with Crippen molar-refractivity contribution in [2.75, 3.05) is 13.2 Å². The molecular weight excluding hydrogens is 252 g/mol. The lowest BCUT2D eigenvalue weighted by Crippen LogP contribution is -2.00. The van der Waals surface area contributed by atoms with Gasteiger partial charge < -0.3 is 9.47 Å². The minimum Gasteiger partial charge on any atom is -0.502 e. The van der Waals surface area contributed by atoms with Crippen LogP contribution >= 0.6 is 0 Å². The van der Waals surface area contributed by atoms with Crippen LogP contribution < -0.4 is 4.74 Å². The van der Waals surface area contributed by atoms with Gasteiger partial charge in [0.2, 0.25) is 0 Å². The summed E-state index contributed by atoms with van der Waals surface area (Å²) in [4.78, 5) is 11.3. The summed E-state index contributed by atoms with van der Waals surface area (Å²) in [6, 6.07) is 5.62. The molecule has 3 nitrogen and oxygen atoms in total. The molecule has 3 heteroatoms. The Balaban J connectivity index is 2.21. The molecule has 0 atom stereocenters. The van der Waals surface area contributed by atoms with Crippen molar-refractivity contribution >= 4 is 5.78 Å². The van der Waals surface area contributed by atoms with Crippen molar-refractivity contribution in [1.82, 2.24) is 0 Å². The number of rotatable bonds is 10. The van der Waals surface area contributed by atoms with E-state index in [1.807, 2.05) is 25.1 Å². The lowest BCUT2D eigenvalue weighted by molar-refractivity contribution is 0.101. The Kier molecular flexibility index (Phi) is 7.48. The van der Waals surface area contributed by atoms with E-state index in [1.165, 1.54) is 6.26 Å². The average Bonchev–Trinajstić information content (AvgIpc) is 2.41. The monoisotopic (exact) mass is 276 g/mol. The Morgan fingerprint density at radius 3 is 2.50 bits per heavy atom. The van der Waals surface area contributed by atoms with Crippen LogP contribution in [0.5, 0.6) is 5.75 Å². The molecule has 1 aromatic carbocycles. The van der Waals surface area contributed by atoms with E-state index in [0.29, 0.717) is 6.61 Å². The molecule has 0 radical (unpaired) electrons. The molecule has 0 heterocycles. The first kappa shape index (κ1) is 16.3. The van der Waals surface area contributed by atoms with E-state index >= 15 is 0 Å². The van der Waals surface area contributed by atoms with Crippen molar-refractivity contribution in [3.8, 4) is 5.75 Å². The predicted octanol–water partition coefficient (Wildman–Crippen LogP) is 4.30. The van der Waals surface area contributed by atoms with E-state index in [9.17, 15) is 4.79 Å². The topological polar surface area (TPSA) is 35.5 Å². The van der Waals surface area contributed by atoms with Gasteiger partial charge >= 0.3 is 0 Å². The van der Waals surface area contributed by atoms with Crippen LogP contribution in [0.4, 0.5) is 0 Å². The molecule has 0 aliphatic heterocycles. The van der Waals surface area contributed by atoms with Crippen molar-refractivity contribution in [3.63, 3.8) is 0 Å². The molecule has 0 fully saturated rings. The molecule has 20 heavy (non-hydrogen) atoms. The summed E-state index contributed by atoms with van der Waals surface area (Å²) in [6.07, 6.45) is 5.83. The molecule has 110 valence electrons. The molecule has 0 aromatic heterocycles. The fourth-order valence-corrected chi connectivity index (χ4v) is 2.04. The summed E-state index contributed by atoms with van der Waals surface area (Å²) < 4.78 is 10.7. The van der Waals surface area contributed by atoms with E-state index in [4.69, 9.17) is 9.47 Å². The van der Waals surface area contributed by atoms with Crippen LogP contribution in [0.1, 0.15) is 48.5 Å². The number of hydrogen-bond donors (Lipinski definition) is 0. The second kappa shape index (κ2) is 9.18. The molecule has 0 saturated heterocycles. The first-order chi connectivity index (χ1) is 9.65. The molecule has 1 rings (SSSR count). The van der Waals surface area contributed by atoms with Crippen LogP contribution in [0.25, 0.3) is 0 Å². The predicted molar refractivity (Wildman–Crippen MR) is 81.3 cm³/mol. The molecule has 0 aliphatic carbocycles. The summed E-state index contributed by atoms with van der Waals surface area (Å²) in [7, 11) is 0. The van der Waals surface area contributed by atoms with Gasteiger partial charge in [-0.25, -0.2) is 0 Å². The fourth-order valence-electron chi connectivity index (χ4n) is 2.04. The molecule has 0 spiro atoms. The highest BCUT2D eigenvalue weighted by atomic mass is 16.5. The van der Waals surface area contributed by atoms with Gasteiger partial charge in [-0.3, -0.25) is 4.79 Å². The van der Waals surface area contributed by atoms with E-state index in [2.05, 4.69) is 6.58 Å². The lowest BCUT2D eigenvalue weighted by Gasteiger charge is -2.09. The Bertz CT molecular complexity index is 438. The smallest absolute Gasteiger partial charge is 0.160 e. The number of ether oxygens (including phenoxy) is 2. The van der Waals surface area contributed by atoms with E-state index in [-0.39, 0.29) is 5.78 Å². The Morgan fingerprint density at radius 1 is 1.20 bits per heavy atom. The number of ketones is 1. The maximum atomic E-state index is 11.3. The van der Waals surface area contributed by atoms with Crippen LogP contribution in [0.15, 0.2) is 31.0 Å². The Hall–Kier alpha value is -1.77. The number of benzene rings is 1. The van der Waals surface area contributed by atoms with Gasteiger partial charge in [0.1, 0.15) is 5.75 Å². The molecule has 1 aromatic rings. The zero-order chi connectivity index (χ0) is 14.8. The lowest BCUT2D eigenvalue weighted by atomic mass is 10.1. The van der Waals surface area contributed by atoms with Crippen molar-refractivity contribution in [1.29, 1.82) is 0 Å². The first-order valence-corrected chi connectivity index (χ1v) is 7.12. The van der Waals surface area contributed by atoms with Crippen LogP contribution in [0.3, 0.4) is 0 Å². The summed E-state index contributed by atoms with van der Waals surface area (Å²) in [5.41, 5.74) is 1.73. The van der Waals surface area contributed by atoms with Crippen molar-refractivity contribution in [2.24, 2.45) is 0 Å². The molecule has 0 aliphatic rings. The van der Waals surface area contributed by atoms with Crippen LogP contribution in [0.2, 0.25) is 0 Å². The zero-order valence-corrected chi connectivity index (χ0v) is 12.5. The van der Waals surface area contributed by atoms with Gasteiger partial charge in [0.15, 0.2) is 5.78 Å². The van der Waals surface area contributed by atoms with Gasteiger partial charge in [-0.2, -0.15) is 0 Å². The molecule has 0 amide bonds. The molecule has 0 bridgehead atoms. The van der Waals surface area contributed by atoms with E-state index in [1.54, 1.807) is 6.92 Å². The van der Waals surface area contributed by atoms with Gasteiger partial charge in [-0.1, -0.05) is 6.58 Å². The molecule has 0 N–H and O–H groups in total.